The zero-order valence-corrected chi connectivity index (χ0v) is 11.5. The van der Waals surface area contributed by atoms with E-state index in [0.717, 1.165) is 11.3 Å². The Labute approximate surface area is 111 Å². The minimum absolute atomic E-state index is 0.0514. The predicted octanol–water partition coefficient (Wildman–Crippen LogP) is 1.20. The van der Waals surface area contributed by atoms with Gasteiger partial charge < -0.3 is 20.3 Å². The molecule has 1 aromatic rings. The van der Waals surface area contributed by atoms with E-state index in [0.29, 0.717) is 12.3 Å². The lowest BCUT2D eigenvalue weighted by atomic mass is 9.94. The van der Waals surface area contributed by atoms with Gasteiger partial charge in [0.1, 0.15) is 5.76 Å². The molecule has 3 N–H and O–H groups in total. The fraction of sp³-hybridized carbons (Fsp3) is 0.583. The van der Waals surface area contributed by atoms with Crippen molar-refractivity contribution in [2.75, 3.05) is 6.54 Å². The first kappa shape index (κ1) is 15.0. The number of nitrogens with one attached hydrogen (secondary N) is 2. The van der Waals surface area contributed by atoms with Crippen LogP contribution in [0.1, 0.15) is 30.9 Å². The molecule has 0 aliphatic heterocycles. The lowest BCUT2D eigenvalue weighted by Crippen LogP contribution is -2.43. The van der Waals surface area contributed by atoms with Gasteiger partial charge in [0.25, 0.3) is 0 Å². The van der Waals surface area contributed by atoms with Crippen LogP contribution >= 0.6 is 0 Å². The first-order valence-electron chi connectivity index (χ1n) is 5.91. The number of nitrogens with zero attached hydrogens (tertiary/aromatic N) is 1. The Morgan fingerprint density at radius 2 is 1.95 bits per heavy atom. The average molecular weight is 269 g/mol. The summed E-state index contributed by atoms with van der Waals surface area (Å²) >= 11 is 0. The molecule has 0 bridgehead atoms. The van der Waals surface area contributed by atoms with Crippen molar-refractivity contribution in [1.82, 2.24) is 15.8 Å². The van der Waals surface area contributed by atoms with Crippen LogP contribution in [0.3, 0.4) is 0 Å². The van der Waals surface area contributed by atoms with Crippen molar-refractivity contribution in [3.63, 3.8) is 0 Å². The summed E-state index contributed by atoms with van der Waals surface area (Å²) in [6.45, 7) is 6.99. The number of hydrogen-bond acceptors (Lipinski definition) is 4. The number of hydrogen-bond donors (Lipinski definition) is 3. The van der Waals surface area contributed by atoms with Gasteiger partial charge in [-0.05, 0) is 27.7 Å². The molecule has 1 heterocycles. The van der Waals surface area contributed by atoms with E-state index in [1.807, 2.05) is 0 Å². The van der Waals surface area contributed by atoms with Gasteiger partial charge in [-0.3, -0.25) is 4.79 Å². The van der Waals surface area contributed by atoms with Crippen LogP contribution in [0.4, 0.5) is 4.79 Å². The Balaban J connectivity index is 2.43. The maximum Gasteiger partial charge on any atom is 0.315 e. The Morgan fingerprint density at radius 3 is 2.42 bits per heavy atom. The van der Waals surface area contributed by atoms with E-state index in [1.54, 1.807) is 27.7 Å². The van der Waals surface area contributed by atoms with Crippen LogP contribution in [-0.2, 0) is 11.3 Å². The molecule has 0 spiro atoms. The summed E-state index contributed by atoms with van der Waals surface area (Å²) in [7, 11) is 0. The van der Waals surface area contributed by atoms with Crippen molar-refractivity contribution in [2.45, 2.75) is 34.2 Å². The summed E-state index contributed by atoms with van der Waals surface area (Å²) in [5.41, 5.74) is 0.553. The topological polar surface area (TPSA) is 104 Å². The summed E-state index contributed by atoms with van der Waals surface area (Å²) in [5, 5.41) is 17.9. The van der Waals surface area contributed by atoms with Crippen LogP contribution < -0.4 is 10.6 Å². The zero-order chi connectivity index (χ0) is 14.6. The second kappa shape index (κ2) is 5.73. The van der Waals surface area contributed by atoms with E-state index in [2.05, 4.69) is 15.8 Å². The Bertz CT molecular complexity index is 460. The van der Waals surface area contributed by atoms with Gasteiger partial charge in [-0.15, -0.1) is 0 Å². The summed E-state index contributed by atoms with van der Waals surface area (Å²) in [6, 6.07) is -0.422. The number of carboxylic acids is 1. The first-order valence-corrected chi connectivity index (χ1v) is 5.91. The molecule has 1 aromatic heterocycles. The molecule has 19 heavy (non-hydrogen) atoms. The van der Waals surface area contributed by atoms with Gasteiger partial charge in [-0.25, -0.2) is 4.79 Å². The fourth-order valence-corrected chi connectivity index (χ4v) is 1.36. The molecule has 0 saturated carbocycles. The molecule has 0 unspecified atom stereocenters. The molecule has 2 amide bonds. The SMILES string of the molecule is Cc1noc(C)c1CNC(=O)NCC(C)(C)C(=O)O. The van der Waals surface area contributed by atoms with Crippen molar-refractivity contribution >= 4 is 12.0 Å². The number of carbonyl (C=O) groups excluding carboxylic acids is 1. The molecule has 0 aliphatic rings. The second-order valence-electron chi connectivity index (χ2n) is 5.03. The quantitative estimate of drug-likeness (QED) is 0.745. The Morgan fingerprint density at radius 1 is 1.32 bits per heavy atom. The molecule has 7 heteroatoms. The van der Waals surface area contributed by atoms with Crippen LogP contribution in [-0.4, -0.2) is 28.8 Å². The number of rotatable bonds is 5. The smallest absolute Gasteiger partial charge is 0.315 e. The number of aliphatic carboxylic acids is 1. The van der Waals surface area contributed by atoms with Gasteiger partial charge in [-0.2, -0.15) is 0 Å². The van der Waals surface area contributed by atoms with E-state index in [9.17, 15) is 9.59 Å². The van der Waals surface area contributed by atoms with Crippen LogP contribution in [0.5, 0.6) is 0 Å². The summed E-state index contributed by atoms with van der Waals surface area (Å²) in [6.07, 6.45) is 0. The number of aromatic nitrogens is 1. The summed E-state index contributed by atoms with van der Waals surface area (Å²) in [4.78, 5) is 22.4. The zero-order valence-electron chi connectivity index (χ0n) is 11.5. The van der Waals surface area contributed by atoms with Crippen LogP contribution in [0.25, 0.3) is 0 Å². The van der Waals surface area contributed by atoms with Gasteiger partial charge in [-0.1, -0.05) is 5.16 Å². The third-order valence-electron chi connectivity index (χ3n) is 2.88. The Hall–Kier alpha value is -2.05. The molecule has 0 saturated heterocycles. The summed E-state index contributed by atoms with van der Waals surface area (Å²) < 4.78 is 4.97. The maximum absolute atomic E-state index is 11.6. The van der Waals surface area contributed by atoms with Crippen molar-refractivity contribution in [1.29, 1.82) is 0 Å². The van der Waals surface area contributed by atoms with E-state index in [4.69, 9.17) is 9.63 Å². The number of carboxylic acid groups (broad SMARTS) is 1. The molecular weight excluding hydrogens is 250 g/mol. The van der Waals surface area contributed by atoms with Crippen molar-refractivity contribution in [2.24, 2.45) is 5.41 Å². The standard InChI is InChI=1S/C12H19N3O4/c1-7-9(8(2)19-15-7)5-13-11(18)14-6-12(3,4)10(16)17/h5-6H2,1-4H3,(H,16,17)(H2,13,14,18). The van der Waals surface area contributed by atoms with E-state index in [-0.39, 0.29) is 6.54 Å². The van der Waals surface area contributed by atoms with Gasteiger partial charge in [0, 0.05) is 18.7 Å². The minimum atomic E-state index is -1.000. The molecular formula is C12H19N3O4. The maximum atomic E-state index is 11.6. The lowest BCUT2D eigenvalue weighted by molar-refractivity contribution is -0.146. The normalized spacial score (nSPS) is 11.2. The van der Waals surface area contributed by atoms with Crippen LogP contribution in [0.15, 0.2) is 4.52 Å². The monoisotopic (exact) mass is 269 g/mol. The van der Waals surface area contributed by atoms with Crippen LogP contribution in [0.2, 0.25) is 0 Å². The number of urea groups is 1. The number of carbonyl (C=O) groups is 2. The lowest BCUT2D eigenvalue weighted by Gasteiger charge is -2.19. The highest BCUT2D eigenvalue weighted by Crippen LogP contribution is 2.13. The third-order valence-corrected chi connectivity index (χ3v) is 2.88. The molecule has 1 rings (SSSR count). The minimum Gasteiger partial charge on any atom is -0.481 e. The highest BCUT2D eigenvalue weighted by Gasteiger charge is 2.27. The third kappa shape index (κ3) is 3.97. The largest absolute Gasteiger partial charge is 0.481 e. The molecule has 0 fully saturated rings. The second-order valence-corrected chi connectivity index (χ2v) is 5.03. The van der Waals surface area contributed by atoms with E-state index in [1.165, 1.54) is 0 Å². The van der Waals surface area contributed by atoms with Crippen LogP contribution in [0, 0.1) is 19.3 Å². The van der Waals surface area contributed by atoms with E-state index >= 15 is 0 Å². The fourth-order valence-electron chi connectivity index (χ4n) is 1.36. The molecule has 106 valence electrons. The summed E-state index contributed by atoms with van der Waals surface area (Å²) in [5.74, 6) is -0.304. The number of aryl methyl sites for hydroxylation is 2. The van der Waals surface area contributed by atoms with Gasteiger partial charge in [0.2, 0.25) is 0 Å². The van der Waals surface area contributed by atoms with E-state index < -0.39 is 17.4 Å². The molecule has 0 atom stereocenters. The Kier molecular flexibility index (Phi) is 4.52. The van der Waals surface area contributed by atoms with Crippen molar-refractivity contribution in [3.8, 4) is 0 Å². The number of amides is 2. The molecule has 0 radical (unpaired) electrons. The van der Waals surface area contributed by atoms with Crippen molar-refractivity contribution < 1.29 is 19.2 Å². The van der Waals surface area contributed by atoms with Gasteiger partial charge in [0.15, 0.2) is 0 Å². The highest BCUT2D eigenvalue weighted by atomic mass is 16.5. The molecule has 0 aliphatic carbocycles. The van der Waals surface area contributed by atoms with Gasteiger partial charge in [0.05, 0.1) is 11.1 Å². The van der Waals surface area contributed by atoms with Gasteiger partial charge >= 0.3 is 12.0 Å². The highest BCUT2D eigenvalue weighted by molar-refractivity contribution is 5.77. The predicted molar refractivity (Wildman–Crippen MR) is 67.6 cm³/mol. The molecule has 7 nitrogen and oxygen atoms in total. The average Bonchev–Trinajstić information content (AvgIpc) is 2.64. The van der Waals surface area contributed by atoms with Crippen molar-refractivity contribution in [3.05, 3.63) is 17.0 Å². The first-order chi connectivity index (χ1) is 8.74. The molecule has 0 aromatic carbocycles.